The average Bonchev–Trinajstić information content (AvgIpc) is 1.63. The maximum atomic E-state index is 6.24. The van der Waals surface area contributed by atoms with Gasteiger partial charge >= 0.3 is 0 Å². The maximum absolute atomic E-state index is 6.24. The van der Waals surface area contributed by atoms with Crippen molar-refractivity contribution in [2.45, 2.75) is 60.2 Å². The Balaban J connectivity index is 1.22. The van der Waals surface area contributed by atoms with Crippen LogP contribution >= 0.6 is 0 Å². The van der Waals surface area contributed by atoms with Gasteiger partial charge in [-0.05, 0) is 202 Å². The van der Waals surface area contributed by atoms with Crippen LogP contribution in [0.25, 0.3) is 44.5 Å². The molecule has 4 saturated carbocycles. The lowest BCUT2D eigenvalue weighted by Gasteiger charge is -2.71. The number of hydrogen-bond donors (Lipinski definition) is 0. The topological polar surface area (TPSA) is 111 Å². The van der Waals surface area contributed by atoms with Gasteiger partial charge in [-0.15, -0.1) is 0 Å². The predicted molar refractivity (Wildman–Crippen MR) is 321 cm³/mol. The molecule has 12 nitrogen and oxygen atoms in total. The van der Waals surface area contributed by atoms with E-state index in [0.717, 1.165) is 106 Å². The Bertz CT molecular complexity index is 3180. The van der Waals surface area contributed by atoms with E-state index in [-0.39, 0.29) is 0 Å². The maximum Gasteiger partial charge on any atom is 0.161 e. The molecule has 0 amide bonds. The second-order valence-electron chi connectivity index (χ2n) is 22.1. The van der Waals surface area contributed by atoms with E-state index in [1.165, 1.54) is 22.3 Å². The molecular formula is C70H72O12. The van der Waals surface area contributed by atoms with E-state index in [9.17, 15) is 0 Å². The summed E-state index contributed by atoms with van der Waals surface area (Å²) in [5.74, 6) is 8.21. The molecule has 4 fully saturated rings. The van der Waals surface area contributed by atoms with Crippen LogP contribution in [0, 0.1) is 0 Å². The summed E-state index contributed by atoms with van der Waals surface area (Å²) in [6, 6.07) is 51.8. The number of rotatable bonds is 20. The van der Waals surface area contributed by atoms with Crippen molar-refractivity contribution in [1.29, 1.82) is 0 Å². The highest BCUT2D eigenvalue weighted by Crippen LogP contribution is 2.75. The van der Waals surface area contributed by atoms with Gasteiger partial charge in [0.25, 0.3) is 0 Å². The Morgan fingerprint density at radius 2 is 0.366 bits per heavy atom. The molecule has 4 aliphatic rings. The highest BCUT2D eigenvalue weighted by molar-refractivity contribution is 5.79. The van der Waals surface area contributed by atoms with Crippen LogP contribution < -0.4 is 56.8 Å². The Morgan fingerprint density at radius 3 is 0.537 bits per heavy atom. The standard InChI is InChI=1S/C70H72O12/c1-71-55-25-17-47(33-51(55)43-13-21-59(75-5)63(29-43)79-9)67-37-68(48-18-26-56(72-2)52(34-48)44-14-22-60(76-6)64(30-44)80-10)40-69(38-67,49-19-27-57(73-3)53(35-49)45-15-23-61(77-7)65(31-45)81-11)42-70(39-67,41-68)50-20-28-58(74-4)54(36-50)46-16-24-62(78-8)66(32-46)82-12/h13-36H,37-42H2,1-12H3. The van der Waals surface area contributed by atoms with Gasteiger partial charge in [0, 0.05) is 22.3 Å². The highest BCUT2D eigenvalue weighted by Gasteiger charge is 2.69. The van der Waals surface area contributed by atoms with Gasteiger partial charge in [0.2, 0.25) is 0 Å². The van der Waals surface area contributed by atoms with E-state index in [1.54, 1.807) is 85.3 Å². The van der Waals surface area contributed by atoms with E-state index >= 15 is 0 Å². The Kier molecular flexibility index (Phi) is 14.8. The third-order valence-corrected chi connectivity index (χ3v) is 18.1. The van der Waals surface area contributed by atoms with Crippen LogP contribution in [0.15, 0.2) is 146 Å². The first-order valence-electron chi connectivity index (χ1n) is 27.5. The van der Waals surface area contributed by atoms with E-state index in [2.05, 4.69) is 97.1 Å². The van der Waals surface area contributed by atoms with Crippen molar-refractivity contribution in [1.82, 2.24) is 0 Å². The molecule has 4 aliphatic carbocycles. The summed E-state index contributed by atoms with van der Waals surface area (Å²) in [4.78, 5) is 0. The Morgan fingerprint density at radius 1 is 0.195 bits per heavy atom. The summed E-state index contributed by atoms with van der Waals surface area (Å²) in [7, 11) is 20.3. The second kappa shape index (κ2) is 22.0. The molecule has 0 aromatic heterocycles. The lowest BCUT2D eigenvalue weighted by molar-refractivity contribution is -0.0691. The van der Waals surface area contributed by atoms with Gasteiger partial charge in [0.05, 0.1) is 85.3 Å². The van der Waals surface area contributed by atoms with Gasteiger partial charge in [-0.3, -0.25) is 0 Å². The third kappa shape index (κ3) is 9.26. The first-order chi connectivity index (χ1) is 39.8. The highest BCUT2D eigenvalue weighted by atomic mass is 16.5. The Hall–Kier alpha value is -8.64. The number of ether oxygens (including phenoxy) is 12. The molecule has 82 heavy (non-hydrogen) atoms. The van der Waals surface area contributed by atoms with Crippen LogP contribution in [0.3, 0.4) is 0 Å². The number of methoxy groups -OCH3 is 12. The van der Waals surface area contributed by atoms with Crippen LogP contribution in [-0.4, -0.2) is 85.3 Å². The SMILES string of the molecule is COc1ccc(-c2cc(C34CC5(c6ccc(OC)c(-c7ccc(OC)c(OC)c7)c6)CC(c6ccc(OC)c(-c7ccc(OC)c(OC)c7)c6)(C3)CC(c3ccc(OC)c(-c6ccc(OC)c(OC)c6)c3)(C4)C5)ccc2OC)cc1OC. The van der Waals surface area contributed by atoms with E-state index in [1.807, 2.05) is 48.5 Å². The number of hydrogen-bond acceptors (Lipinski definition) is 12. The summed E-state index contributed by atoms with van der Waals surface area (Å²) < 4.78 is 71.5. The minimum absolute atomic E-state index is 0.414. The summed E-state index contributed by atoms with van der Waals surface area (Å²) in [6.07, 6.45) is 5.23. The minimum atomic E-state index is -0.414. The zero-order valence-electron chi connectivity index (χ0n) is 49.0. The molecule has 8 aromatic rings. The molecule has 0 heterocycles. The molecule has 12 rings (SSSR count). The van der Waals surface area contributed by atoms with E-state index in [4.69, 9.17) is 56.8 Å². The van der Waals surface area contributed by atoms with Crippen LogP contribution in [0.5, 0.6) is 69.0 Å². The van der Waals surface area contributed by atoms with Gasteiger partial charge in [-0.2, -0.15) is 0 Å². The van der Waals surface area contributed by atoms with Crippen LogP contribution in [0.4, 0.5) is 0 Å². The zero-order chi connectivity index (χ0) is 57.6. The summed E-state index contributed by atoms with van der Waals surface area (Å²) >= 11 is 0. The molecule has 0 aliphatic heterocycles. The second-order valence-corrected chi connectivity index (χ2v) is 22.1. The fourth-order valence-electron chi connectivity index (χ4n) is 14.9. The molecule has 0 N–H and O–H groups in total. The van der Waals surface area contributed by atoms with Gasteiger partial charge in [0.15, 0.2) is 46.0 Å². The van der Waals surface area contributed by atoms with Gasteiger partial charge in [0.1, 0.15) is 23.0 Å². The lowest BCUT2D eigenvalue weighted by atomic mass is 9.32. The van der Waals surface area contributed by atoms with Gasteiger partial charge in [-0.1, -0.05) is 48.5 Å². The molecule has 12 heteroatoms. The predicted octanol–water partition coefficient (Wildman–Crippen LogP) is 14.9. The summed E-state index contributed by atoms with van der Waals surface area (Å²) in [5, 5.41) is 0. The fourth-order valence-corrected chi connectivity index (χ4v) is 14.9. The smallest absolute Gasteiger partial charge is 0.161 e. The Labute approximate surface area is 481 Å². The zero-order valence-corrected chi connectivity index (χ0v) is 49.0. The molecule has 0 radical (unpaired) electrons. The first kappa shape index (κ1) is 55.3. The molecule has 4 bridgehead atoms. The van der Waals surface area contributed by atoms with Crippen molar-refractivity contribution in [2.24, 2.45) is 0 Å². The molecule has 0 saturated heterocycles. The monoisotopic (exact) mass is 1100 g/mol. The van der Waals surface area contributed by atoms with E-state index in [0.29, 0.717) is 46.0 Å². The van der Waals surface area contributed by atoms with E-state index < -0.39 is 21.7 Å². The molecule has 0 unspecified atom stereocenters. The number of benzene rings is 8. The van der Waals surface area contributed by atoms with Crippen molar-refractivity contribution >= 4 is 0 Å². The van der Waals surface area contributed by atoms with Crippen molar-refractivity contribution in [3.05, 3.63) is 168 Å². The van der Waals surface area contributed by atoms with Gasteiger partial charge < -0.3 is 56.8 Å². The summed E-state index contributed by atoms with van der Waals surface area (Å²) in [6.45, 7) is 0. The van der Waals surface area contributed by atoms with Gasteiger partial charge in [-0.25, -0.2) is 0 Å². The average molecular weight is 1110 g/mol. The molecule has 424 valence electrons. The molecular weight excluding hydrogens is 1030 g/mol. The van der Waals surface area contributed by atoms with Crippen LogP contribution in [0.1, 0.15) is 60.8 Å². The van der Waals surface area contributed by atoms with Crippen molar-refractivity contribution in [3.8, 4) is 114 Å². The van der Waals surface area contributed by atoms with Crippen molar-refractivity contribution in [3.63, 3.8) is 0 Å². The first-order valence-corrected chi connectivity index (χ1v) is 27.5. The van der Waals surface area contributed by atoms with Crippen molar-refractivity contribution < 1.29 is 56.8 Å². The third-order valence-electron chi connectivity index (χ3n) is 18.1. The molecule has 0 atom stereocenters. The fraction of sp³-hybridized carbons (Fsp3) is 0.314. The molecule has 8 aromatic carbocycles. The van der Waals surface area contributed by atoms with Crippen LogP contribution in [0.2, 0.25) is 0 Å². The lowest BCUT2D eigenvalue weighted by Crippen LogP contribution is -2.67. The van der Waals surface area contributed by atoms with Crippen molar-refractivity contribution in [2.75, 3.05) is 85.3 Å². The van der Waals surface area contributed by atoms with Crippen LogP contribution in [-0.2, 0) is 21.7 Å². The largest absolute Gasteiger partial charge is 0.496 e. The quantitative estimate of drug-likeness (QED) is 0.0724. The summed E-state index contributed by atoms with van der Waals surface area (Å²) in [5.41, 5.74) is 11.0. The minimum Gasteiger partial charge on any atom is -0.496 e. The molecule has 0 spiro atoms. The normalized spacial score (nSPS) is 20.3.